The van der Waals surface area contributed by atoms with Crippen molar-refractivity contribution in [3.63, 3.8) is 0 Å². The lowest BCUT2D eigenvalue weighted by molar-refractivity contribution is -0.167. The molecule has 0 aromatic heterocycles. The minimum absolute atomic E-state index is 0.0731. The van der Waals surface area contributed by atoms with Crippen LogP contribution in [0.25, 0.3) is 0 Å². The molecule has 1 unspecified atom stereocenters. The third kappa shape index (κ3) is 51.8. The van der Waals surface area contributed by atoms with Gasteiger partial charge in [0, 0.05) is 19.3 Å². The van der Waals surface area contributed by atoms with Crippen LogP contribution in [-0.2, 0) is 28.6 Å². The summed E-state index contributed by atoms with van der Waals surface area (Å²) in [5.74, 6) is -0.883. The van der Waals surface area contributed by atoms with Gasteiger partial charge in [-0.3, -0.25) is 14.4 Å². The van der Waals surface area contributed by atoms with Gasteiger partial charge >= 0.3 is 17.9 Å². The van der Waals surface area contributed by atoms with Gasteiger partial charge in [0.1, 0.15) is 13.2 Å². The smallest absolute Gasteiger partial charge is 0.306 e. The van der Waals surface area contributed by atoms with Crippen LogP contribution >= 0.6 is 0 Å². The van der Waals surface area contributed by atoms with Gasteiger partial charge in [-0.25, -0.2) is 0 Å². The second-order valence-corrected chi connectivity index (χ2v) is 18.5. The summed E-state index contributed by atoms with van der Waals surface area (Å²) in [5, 5.41) is 0. The molecule has 0 heterocycles. The van der Waals surface area contributed by atoms with Crippen molar-refractivity contribution in [3.8, 4) is 0 Å². The Bertz CT molecular complexity index is 1240. The summed E-state index contributed by atoms with van der Waals surface area (Å²) in [4.78, 5) is 37.7. The Kier molecular flexibility index (Phi) is 51.9. The highest BCUT2D eigenvalue weighted by Gasteiger charge is 2.19. The monoisotopic (exact) mass is 921 g/mol. The predicted octanol–water partition coefficient (Wildman–Crippen LogP) is 18.6. The summed E-state index contributed by atoms with van der Waals surface area (Å²) in [7, 11) is 0. The van der Waals surface area contributed by atoms with Crippen molar-refractivity contribution in [2.75, 3.05) is 13.2 Å². The number of carbonyl (C=O) groups is 3. The molecule has 0 fully saturated rings. The van der Waals surface area contributed by atoms with E-state index in [0.29, 0.717) is 19.3 Å². The van der Waals surface area contributed by atoms with E-state index in [4.69, 9.17) is 14.2 Å². The zero-order chi connectivity index (χ0) is 47.9. The van der Waals surface area contributed by atoms with Gasteiger partial charge < -0.3 is 14.2 Å². The molecule has 66 heavy (non-hydrogen) atoms. The standard InChI is InChI=1S/C60H104O6/c1-4-7-10-13-15-17-19-21-22-23-24-25-26-27-28-29-30-31-32-33-34-35-36-37-38-39-41-42-44-47-50-53-59(62)65-56-57(55-64-58(61)52-49-46-12-9-6-3)66-60(63)54-51-48-45-43-40-20-18-16-14-11-8-5-2/h7,10,15,17,21-22,24-25,27-28,30-31,57H,4-6,8-9,11-14,16,18-20,23,26,29,32-56H2,1-3H3/b10-7-,17-15-,22-21-,25-24-,28-27-,31-30-. The van der Waals surface area contributed by atoms with Gasteiger partial charge in [-0.05, 0) is 70.6 Å². The van der Waals surface area contributed by atoms with Crippen LogP contribution in [0.5, 0.6) is 0 Å². The van der Waals surface area contributed by atoms with Gasteiger partial charge in [-0.2, -0.15) is 0 Å². The minimum atomic E-state index is -0.767. The molecule has 0 aliphatic heterocycles. The SMILES string of the molecule is CC/C=C\C/C=C\C/C=C\C/C=C\C/C=C\C/C=C\CCCCCCCCCCCCCCC(=O)OCC(COC(=O)CCCCCCC)OC(=O)CCCCCCCCCCCCCC. The van der Waals surface area contributed by atoms with E-state index in [-0.39, 0.29) is 31.1 Å². The maximum absolute atomic E-state index is 12.7. The fraction of sp³-hybridized carbons (Fsp3) is 0.750. The molecule has 0 aliphatic rings. The Balaban J connectivity index is 3.98. The Labute approximate surface area is 408 Å². The molecule has 0 aromatic rings. The van der Waals surface area contributed by atoms with Crippen LogP contribution in [0.3, 0.4) is 0 Å². The van der Waals surface area contributed by atoms with Gasteiger partial charge in [0.2, 0.25) is 0 Å². The molecule has 0 rings (SSSR count). The average molecular weight is 921 g/mol. The normalized spacial score (nSPS) is 12.6. The summed E-state index contributed by atoms with van der Waals surface area (Å²) in [6, 6.07) is 0. The van der Waals surface area contributed by atoms with Crippen molar-refractivity contribution in [1.29, 1.82) is 0 Å². The zero-order valence-electron chi connectivity index (χ0n) is 43.4. The van der Waals surface area contributed by atoms with Crippen molar-refractivity contribution in [1.82, 2.24) is 0 Å². The maximum Gasteiger partial charge on any atom is 0.306 e. The number of ether oxygens (including phenoxy) is 3. The minimum Gasteiger partial charge on any atom is -0.462 e. The number of allylic oxidation sites excluding steroid dienone is 12. The quantitative estimate of drug-likeness (QED) is 0.0262. The van der Waals surface area contributed by atoms with E-state index >= 15 is 0 Å². The summed E-state index contributed by atoms with van der Waals surface area (Å²) >= 11 is 0. The lowest BCUT2D eigenvalue weighted by atomic mass is 10.0. The van der Waals surface area contributed by atoms with Crippen molar-refractivity contribution < 1.29 is 28.6 Å². The molecular formula is C60H104O6. The number of hydrogen-bond acceptors (Lipinski definition) is 6. The molecule has 0 aromatic carbocycles. The Morgan fingerprint density at radius 2 is 0.591 bits per heavy atom. The third-order valence-electron chi connectivity index (χ3n) is 12.0. The van der Waals surface area contributed by atoms with E-state index in [1.165, 1.54) is 128 Å². The first-order chi connectivity index (χ1) is 32.5. The van der Waals surface area contributed by atoms with Crippen molar-refractivity contribution in [3.05, 3.63) is 72.9 Å². The van der Waals surface area contributed by atoms with Gasteiger partial charge in [0.25, 0.3) is 0 Å². The maximum atomic E-state index is 12.7. The summed E-state index contributed by atoms with van der Waals surface area (Å²) < 4.78 is 16.7. The number of carbonyl (C=O) groups excluding carboxylic acids is 3. The summed E-state index contributed by atoms with van der Waals surface area (Å²) in [6.07, 6.45) is 69.4. The van der Waals surface area contributed by atoms with Crippen LogP contribution in [0.1, 0.15) is 271 Å². The molecule has 0 amide bonds. The molecule has 0 saturated heterocycles. The summed E-state index contributed by atoms with van der Waals surface area (Å²) in [5.41, 5.74) is 0. The van der Waals surface area contributed by atoms with E-state index in [1.54, 1.807) is 0 Å². The lowest BCUT2D eigenvalue weighted by Gasteiger charge is -2.18. The fourth-order valence-electron chi connectivity index (χ4n) is 7.80. The third-order valence-corrected chi connectivity index (χ3v) is 12.0. The Morgan fingerprint density at radius 3 is 0.924 bits per heavy atom. The fourth-order valence-corrected chi connectivity index (χ4v) is 7.80. The summed E-state index contributed by atoms with van der Waals surface area (Å²) in [6.45, 7) is 6.44. The van der Waals surface area contributed by atoms with E-state index in [9.17, 15) is 14.4 Å². The van der Waals surface area contributed by atoms with Gasteiger partial charge in [0.05, 0.1) is 0 Å². The predicted molar refractivity (Wildman–Crippen MR) is 284 cm³/mol. The molecule has 0 radical (unpaired) electrons. The topological polar surface area (TPSA) is 78.9 Å². The zero-order valence-corrected chi connectivity index (χ0v) is 43.4. The largest absolute Gasteiger partial charge is 0.462 e. The van der Waals surface area contributed by atoms with Crippen molar-refractivity contribution in [2.45, 2.75) is 277 Å². The Hall–Kier alpha value is -3.15. The van der Waals surface area contributed by atoms with E-state index in [0.717, 1.165) is 103 Å². The first-order valence-corrected chi connectivity index (χ1v) is 27.9. The van der Waals surface area contributed by atoms with E-state index in [1.807, 2.05) is 0 Å². The second-order valence-electron chi connectivity index (χ2n) is 18.5. The molecule has 0 spiro atoms. The lowest BCUT2D eigenvalue weighted by Crippen LogP contribution is -2.30. The molecule has 0 aliphatic carbocycles. The number of rotatable bonds is 50. The number of hydrogen-bond donors (Lipinski definition) is 0. The van der Waals surface area contributed by atoms with Crippen molar-refractivity contribution in [2.24, 2.45) is 0 Å². The molecule has 1 atom stereocenters. The van der Waals surface area contributed by atoms with Crippen LogP contribution < -0.4 is 0 Å². The Morgan fingerprint density at radius 1 is 0.318 bits per heavy atom. The van der Waals surface area contributed by atoms with Crippen LogP contribution in [0.4, 0.5) is 0 Å². The van der Waals surface area contributed by atoms with E-state index < -0.39 is 6.10 Å². The molecule has 0 N–H and O–H groups in total. The van der Waals surface area contributed by atoms with Gasteiger partial charge in [-0.15, -0.1) is 0 Å². The highest BCUT2D eigenvalue weighted by molar-refractivity contribution is 5.71. The molecule has 380 valence electrons. The van der Waals surface area contributed by atoms with Crippen LogP contribution in [0, 0.1) is 0 Å². The second kappa shape index (κ2) is 54.5. The first-order valence-electron chi connectivity index (χ1n) is 27.9. The molecular weight excluding hydrogens is 817 g/mol. The average Bonchev–Trinajstić information content (AvgIpc) is 3.31. The van der Waals surface area contributed by atoms with Crippen LogP contribution in [0.15, 0.2) is 72.9 Å². The van der Waals surface area contributed by atoms with Crippen LogP contribution in [-0.4, -0.2) is 37.2 Å². The van der Waals surface area contributed by atoms with Gasteiger partial charge in [0.15, 0.2) is 6.10 Å². The van der Waals surface area contributed by atoms with Crippen LogP contribution in [0.2, 0.25) is 0 Å². The molecule has 6 nitrogen and oxygen atoms in total. The molecule has 6 heteroatoms. The van der Waals surface area contributed by atoms with Crippen molar-refractivity contribution >= 4 is 17.9 Å². The van der Waals surface area contributed by atoms with Gasteiger partial charge in [-0.1, -0.05) is 254 Å². The van der Waals surface area contributed by atoms with E-state index in [2.05, 4.69) is 93.7 Å². The number of esters is 3. The highest BCUT2D eigenvalue weighted by Crippen LogP contribution is 2.16. The highest BCUT2D eigenvalue weighted by atomic mass is 16.6. The molecule has 0 bridgehead atoms. The first kappa shape index (κ1) is 62.8. The molecule has 0 saturated carbocycles. The number of unbranched alkanes of at least 4 members (excludes halogenated alkanes) is 27.